The largest absolute Gasteiger partial charge is 0.507 e. The summed E-state index contributed by atoms with van der Waals surface area (Å²) in [6, 6.07) is 27.9. The Morgan fingerprint density at radius 1 is 0.449 bits per heavy atom. The van der Waals surface area contributed by atoms with Gasteiger partial charge in [-0.15, -0.1) is 6.58 Å². The Morgan fingerprint density at radius 2 is 0.870 bits per heavy atom. The first-order chi connectivity index (χ1) is 32.1. The molecule has 0 unspecified atom stereocenters. The molecule has 0 radical (unpaired) electrons. The van der Waals surface area contributed by atoms with Crippen molar-refractivity contribution in [2.75, 3.05) is 0 Å². The van der Waals surface area contributed by atoms with Gasteiger partial charge in [-0.3, -0.25) is 20.0 Å². The number of allylic oxidation sites excluding steroid dienone is 1. The summed E-state index contributed by atoms with van der Waals surface area (Å²) in [5.41, 5.74) is 8.92. The number of phenolic OH excluding ortho intramolecular Hbond substituents is 4. The van der Waals surface area contributed by atoms with E-state index in [1.165, 1.54) is 12.3 Å². The van der Waals surface area contributed by atoms with Gasteiger partial charge in [0.25, 0.3) is 0 Å². The highest BCUT2D eigenvalue weighted by Crippen LogP contribution is 2.42. The highest BCUT2D eigenvalue weighted by molar-refractivity contribution is 6.36. The topological polar surface area (TPSA) is 130 Å². The molecule has 0 fully saturated rings. The quantitative estimate of drug-likeness (QED) is 0.0761. The van der Waals surface area contributed by atoms with Crippen LogP contribution in [0.25, 0.3) is 11.1 Å². The van der Waals surface area contributed by atoms with Gasteiger partial charge in [0, 0.05) is 63.3 Å². The van der Waals surface area contributed by atoms with Crippen LogP contribution in [0, 0.1) is 0 Å². The molecule has 0 bridgehead atoms. The van der Waals surface area contributed by atoms with Crippen molar-refractivity contribution in [2.24, 2.45) is 20.0 Å². The van der Waals surface area contributed by atoms with E-state index in [1.807, 2.05) is 60.7 Å². The molecule has 358 valence electrons. The molecule has 0 saturated carbocycles. The summed E-state index contributed by atoms with van der Waals surface area (Å²) in [4.78, 5) is 19.6. The lowest BCUT2D eigenvalue weighted by molar-refractivity contribution is 0.443. The van der Waals surface area contributed by atoms with Crippen LogP contribution in [0.1, 0.15) is 133 Å². The smallest absolute Gasteiger partial charge is 0.143 e. The number of benzene rings is 6. The molecule has 8 nitrogen and oxygen atoms in total. The zero-order valence-electron chi connectivity index (χ0n) is 41.8. The molecule has 0 spiro atoms. The number of rotatable bonds is 11. The summed E-state index contributed by atoms with van der Waals surface area (Å²) in [5, 5.41) is 45.6. The molecular weight excluding hydrogens is 900 g/mol. The maximum Gasteiger partial charge on any atom is 0.143 e. The number of hydrogen-bond acceptors (Lipinski definition) is 8. The normalized spacial score (nSPS) is 12.9. The first-order valence-corrected chi connectivity index (χ1v) is 23.7. The molecular formula is C59H64Cl2N4O4. The van der Waals surface area contributed by atoms with Crippen molar-refractivity contribution < 1.29 is 20.4 Å². The lowest BCUT2D eigenvalue weighted by Crippen LogP contribution is -2.17. The van der Waals surface area contributed by atoms with Crippen molar-refractivity contribution in [3.05, 3.63) is 164 Å². The van der Waals surface area contributed by atoms with Crippen LogP contribution in [0.5, 0.6) is 23.0 Å². The van der Waals surface area contributed by atoms with Gasteiger partial charge in [-0.05, 0) is 110 Å². The van der Waals surface area contributed by atoms with E-state index < -0.39 is 0 Å². The maximum atomic E-state index is 11.6. The average Bonchev–Trinajstić information content (AvgIpc) is 3.25. The number of phenols is 4. The van der Waals surface area contributed by atoms with Crippen LogP contribution >= 0.6 is 23.2 Å². The summed E-state index contributed by atoms with van der Waals surface area (Å²) >= 11 is 12.6. The summed E-state index contributed by atoms with van der Waals surface area (Å²) in [6.07, 6.45) is 8.65. The van der Waals surface area contributed by atoms with Crippen molar-refractivity contribution in [1.29, 1.82) is 0 Å². The maximum absolute atomic E-state index is 11.6. The molecule has 4 N–H and O–H groups in total. The van der Waals surface area contributed by atoms with Gasteiger partial charge < -0.3 is 20.4 Å². The van der Waals surface area contributed by atoms with E-state index in [0.29, 0.717) is 56.4 Å². The van der Waals surface area contributed by atoms with Crippen LogP contribution < -0.4 is 0 Å². The van der Waals surface area contributed by atoms with Crippen LogP contribution in [-0.2, 0) is 28.1 Å². The van der Waals surface area contributed by atoms with E-state index in [9.17, 15) is 20.4 Å². The minimum atomic E-state index is -0.333. The minimum Gasteiger partial charge on any atom is -0.507 e. The third-order valence-corrected chi connectivity index (χ3v) is 12.4. The molecule has 0 aliphatic heterocycles. The highest BCUT2D eigenvalue weighted by Gasteiger charge is 2.26. The SMILES string of the molecule is C=CCc1cccc(C=Nc2cc(-c3ccc(N=Cc4cc(C(C)(C)C)cc(C(C)(C)C)c4O)c(N=Cc4cc(Cl)cc(Cl)c4O)c3)ccc2N=Cc2cc(C(C)(C)C)cc(C(C)(C)C)c2O)c1O. The fourth-order valence-electron chi connectivity index (χ4n) is 7.63. The molecule has 0 aliphatic carbocycles. The molecule has 0 amide bonds. The summed E-state index contributed by atoms with van der Waals surface area (Å²) in [7, 11) is 0. The van der Waals surface area contributed by atoms with Gasteiger partial charge in [0.05, 0.1) is 27.8 Å². The van der Waals surface area contributed by atoms with Crippen LogP contribution in [0.4, 0.5) is 22.7 Å². The number of para-hydroxylation sites is 1. The predicted octanol–water partition coefficient (Wildman–Crippen LogP) is 16.4. The summed E-state index contributed by atoms with van der Waals surface area (Å²) < 4.78 is 0. The van der Waals surface area contributed by atoms with Gasteiger partial charge in [-0.2, -0.15) is 0 Å². The van der Waals surface area contributed by atoms with Gasteiger partial charge in [-0.25, -0.2) is 0 Å². The second-order valence-corrected chi connectivity index (χ2v) is 22.4. The highest BCUT2D eigenvalue weighted by atomic mass is 35.5. The van der Waals surface area contributed by atoms with Gasteiger partial charge in [0.2, 0.25) is 0 Å². The van der Waals surface area contributed by atoms with E-state index in [4.69, 9.17) is 43.2 Å². The van der Waals surface area contributed by atoms with Crippen molar-refractivity contribution in [3.8, 4) is 34.1 Å². The van der Waals surface area contributed by atoms with Crippen molar-refractivity contribution >= 4 is 70.8 Å². The van der Waals surface area contributed by atoms with Gasteiger partial charge in [-0.1, -0.05) is 149 Å². The zero-order chi connectivity index (χ0) is 50.8. The first-order valence-electron chi connectivity index (χ1n) is 23.0. The number of hydrogen-bond donors (Lipinski definition) is 4. The standard InChI is InChI=1S/C59H64Cl2N4O4/c1-14-16-35-17-15-18-38(52(35)66)31-64-50-26-36(19-21-48(50)62-32-39-23-42(56(2,3)4)28-45(53(39)67)58(8,9)10)37-20-22-49(51(27-37)65-34-41-25-44(60)30-47(61)55(41)69)63-33-40-24-43(57(5,6)7)29-46(54(40)68)59(11,12)13/h14-15,17-34,66-69H,1,16H2,2-13H3. The molecule has 6 aromatic rings. The average molecular weight is 964 g/mol. The third-order valence-electron chi connectivity index (χ3n) is 11.9. The molecule has 10 heteroatoms. The first kappa shape index (κ1) is 51.9. The van der Waals surface area contributed by atoms with E-state index >= 15 is 0 Å². The number of aromatic hydroxyl groups is 4. The van der Waals surface area contributed by atoms with Crippen LogP contribution in [0.15, 0.2) is 124 Å². The predicted molar refractivity (Wildman–Crippen MR) is 292 cm³/mol. The van der Waals surface area contributed by atoms with Crippen molar-refractivity contribution in [2.45, 2.75) is 111 Å². The van der Waals surface area contributed by atoms with Gasteiger partial charge in [0.1, 0.15) is 23.0 Å². The molecule has 6 aromatic carbocycles. The van der Waals surface area contributed by atoms with Crippen LogP contribution in [0.2, 0.25) is 10.0 Å². The second-order valence-electron chi connectivity index (χ2n) is 21.5. The fraction of sp³-hybridized carbons (Fsp3) is 0.288. The second kappa shape index (κ2) is 20.2. The fourth-order valence-corrected chi connectivity index (χ4v) is 8.14. The van der Waals surface area contributed by atoms with E-state index in [-0.39, 0.29) is 49.7 Å². The Kier molecular flexibility index (Phi) is 15.2. The molecule has 0 atom stereocenters. The third kappa shape index (κ3) is 12.4. The van der Waals surface area contributed by atoms with Crippen LogP contribution in [-0.4, -0.2) is 45.3 Å². The number of nitrogens with zero attached hydrogens (tertiary/aromatic N) is 4. The Morgan fingerprint density at radius 3 is 1.29 bits per heavy atom. The molecule has 6 rings (SSSR count). The number of aliphatic imine (C=N–C) groups is 4. The van der Waals surface area contributed by atoms with E-state index in [1.54, 1.807) is 36.9 Å². The van der Waals surface area contributed by atoms with Crippen molar-refractivity contribution in [3.63, 3.8) is 0 Å². The molecule has 69 heavy (non-hydrogen) atoms. The summed E-state index contributed by atoms with van der Waals surface area (Å²) in [5.74, 6) is 0.265. The molecule has 0 aromatic heterocycles. The zero-order valence-corrected chi connectivity index (χ0v) is 43.3. The molecule has 0 saturated heterocycles. The van der Waals surface area contributed by atoms with Gasteiger partial charge in [0.15, 0.2) is 0 Å². The van der Waals surface area contributed by atoms with E-state index in [0.717, 1.165) is 38.9 Å². The van der Waals surface area contributed by atoms with Crippen molar-refractivity contribution in [1.82, 2.24) is 0 Å². The Bertz CT molecular complexity index is 3050. The lowest BCUT2D eigenvalue weighted by atomic mass is 9.79. The molecule has 0 aliphatic rings. The van der Waals surface area contributed by atoms with E-state index in [2.05, 4.69) is 102 Å². The molecule has 0 heterocycles. The Balaban J connectivity index is 1.53. The lowest BCUT2D eigenvalue weighted by Gasteiger charge is -2.27. The Hall–Kier alpha value is -6.48. The Labute approximate surface area is 418 Å². The monoisotopic (exact) mass is 962 g/mol. The number of halogens is 2. The minimum absolute atomic E-state index is 0.0862. The van der Waals surface area contributed by atoms with Crippen LogP contribution in [0.3, 0.4) is 0 Å². The van der Waals surface area contributed by atoms with Gasteiger partial charge >= 0.3 is 0 Å². The summed E-state index contributed by atoms with van der Waals surface area (Å²) in [6.45, 7) is 29.1.